The predicted molar refractivity (Wildman–Crippen MR) is 80.0 cm³/mol. The van der Waals surface area contributed by atoms with Crippen LogP contribution in [0.3, 0.4) is 0 Å². The van der Waals surface area contributed by atoms with Gasteiger partial charge >= 0.3 is 0 Å². The maximum absolute atomic E-state index is 12.4. The van der Waals surface area contributed by atoms with Gasteiger partial charge in [-0.3, -0.25) is 10.1 Å². The first kappa shape index (κ1) is 16.4. The molecule has 112 valence electrons. The molecule has 1 aliphatic rings. The molecule has 4 nitrogen and oxygen atoms in total. The first-order chi connectivity index (χ1) is 9.13. The second-order valence-electron chi connectivity index (χ2n) is 5.59. The van der Waals surface area contributed by atoms with Gasteiger partial charge in [-0.25, -0.2) is 0 Å². The number of unbranched alkanes of at least 4 members (excludes halogenated alkanes) is 1. The molecule has 1 aliphatic heterocycles. The van der Waals surface area contributed by atoms with E-state index < -0.39 is 0 Å². The zero-order valence-corrected chi connectivity index (χ0v) is 13.1. The van der Waals surface area contributed by atoms with Gasteiger partial charge in [-0.05, 0) is 26.4 Å². The molecule has 0 aromatic carbocycles. The van der Waals surface area contributed by atoms with E-state index >= 15 is 0 Å². The summed E-state index contributed by atoms with van der Waals surface area (Å²) in [6.07, 6.45) is 5.70. The van der Waals surface area contributed by atoms with Gasteiger partial charge in [-0.2, -0.15) is 0 Å². The molecule has 1 heterocycles. The number of hydrogen-bond donors (Lipinski definition) is 1. The van der Waals surface area contributed by atoms with Crippen molar-refractivity contribution in [2.24, 2.45) is 0 Å². The van der Waals surface area contributed by atoms with Gasteiger partial charge in [0.05, 0.1) is 12.2 Å². The van der Waals surface area contributed by atoms with Crippen molar-refractivity contribution >= 4 is 5.91 Å². The van der Waals surface area contributed by atoms with Crippen LogP contribution < -0.4 is 5.32 Å². The Balaban J connectivity index is 2.55. The zero-order chi connectivity index (χ0) is 14.3. The average Bonchev–Trinajstić information content (AvgIpc) is 2.70. The molecule has 19 heavy (non-hydrogen) atoms. The van der Waals surface area contributed by atoms with Crippen LogP contribution in [0, 0.1) is 0 Å². The number of likely N-dealkylation sites (N-methyl/N-ethyl adjacent to an activating group) is 1. The number of nitrogens with zero attached hydrogens (tertiary/aromatic N) is 2. The number of carbonyl (C=O) groups is 1. The largest absolute Gasteiger partial charge is 0.325 e. The molecule has 0 aromatic heterocycles. The van der Waals surface area contributed by atoms with E-state index in [4.69, 9.17) is 0 Å². The first-order valence-electron chi connectivity index (χ1n) is 7.89. The summed E-state index contributed by atoms with van der Waals surface area (Å²) in [5.74, 6) is 0.316. The second kappa shape index (κ2) is 8.54. The normalized spacial score (nSPS) is 23.6. The van der Waals surface area contributed by atoms with Crippen molar-refractivity contribution in [1.29, 1.82) is 0 Å². The summed E-state index contributed by atoms with van der Waals surface area (Å²) in [6.45, 7) is 9.36. The van der Waals surface area contributed by atoms with Crippen LogP contribution in [-0.4, -0.2) is 54.6 Å². The Kier molecular flexibility index (Phi) is 7.39. The van der Waals surface area contributed by atoms with Gasteiger partial charge < -0.3 is 9.80 Å². The zero-order valence-electron chi connectivity index (χ0n) is 13.1. The molecular formula is C15H31N3O. The van der Waals surface area contributed by atoms with Crippen molar-refractivity contribution in [2.45, 2.75) is 65.1 Å². The van der Waals surface area contributed by atoms with E-state index in [2.05, 4.69) is 42.9 Å². The van der Waals surface area contributed by atoms with Crippen molar-refractivity contribution in [2.75, 3.05) is 26.7 Å². The molecule has 1 fully saturated rings. The van der Waals surface area contributed by atoms with Gasteiger partial charge in [0.1, 0.15) is 0 Å². The minimum absolute atomic E-state index is 0.0587. The quantitative estimate of drug-likeness (QED) is 0.696. The monoisotopic (exact) mass is 269 g/mol. The molecule has 1 N–H and O–H groups in total. The number of nitrogens with one attached hydrogen (secondary N) is 1. The third-order valence-corrected chi connectivity index (χ3v) is 4.02. The number of rotatable bonds is 9. The highest BCUT2D eigenvalue weighted by Gasteiger charge is 2.37. The van der Waals surface area contributed by atoms with E-state index in [1.54, 1.807) is 0 Å². The average molecular weight is 269 g/mol. The highest BCUT2D eigenvalue weighted by molar-refractivity contribution is 5.84. The molecule has 1 saturated heterocycles. The minimum Gasteiger partial charge on any atom is -0.325 e. The lowest BCUT2D eigenvalue weighted by Crippen LogP contribution is -2.41. The van der Waals surface area contributed by atoms with Gasteiger partial charge in [0.15, 0.2) is 0 Å². The summed E-state index contributed by atoms with van der Waals surface area (Å²) < 4.78 is 0. The third kappa shape index (κ3) is 4.77. The van der Waals surface area contributed by atoms with Crippen LogP contribution in [0.4, 0.5) is 0 Å². The fraction of sp³-hybridized carbons (Fsp3) is 0.933. The summed E-state index contributed by atoms with van der Waals surface area (Å²) in [5.41, 5.74) is 0. The topological polar surface area (TPSA) is 35.6 Å². The molecule has 0 radical (unpaired) electrons. The van der Waals surface area contributed by atoms with Crippen LogP contribution in [0.25, 0.3) is 0 Å². The Morgan fingerprint density at radius 1 is 1.21 bits per heavy atom. The van der Waals surface area contributed by atoms with Gasteiger partial charge in [0.25, 0.3) is 0 Å². The van der Waals surface area contributed by atoms with E-state index in [9.17, 15) is 4.79 Å². The predicted octanol–water partition coefficient (Wildman–Crippen LogP) is 2.05. The van der Waals surface area contributed by atoms with Gasteiger partial charge in [0.2, 0.25) is 5.91 Å². The highest BCUT2D eigenvalue weighted by atomic mass is 16.2. The molecule has 0 spiro atoms. The molecule has 0 aliphatic carbocycles. The molecule has 0 bridgehead atoms. The van der Waals surface area contributed by atoms with Crippen LogP contribution in [-0.2, 0) is 4.79 Å². The molecule has 1 rings (SSSR count). The Morgan fingerprint density at radius 3 is 2.53 bits per heavy atom. The minimum atomic E-state index is 0.0587. The second-order valence-corrected chi connectivity index (χ2v) is 5.59. The van der Waals surface area contributed by atoms with Crippen LogP contribution >= 0.6 is 0 Å². The van der Waals surface area contributed by atoms with Crippen molar-refractivity contribution < 1.29 is 4.79 Å². The van der Waals surface area contributed by atoms with Crippen molar-refractivity contribution in [3.63, 3.8) is 0 Å². The van der Waals surface area contributed by atoms with E-state index in [1.807, 2.05) is 0 Å². The lowest BCUT2D eigenvalue weighted by Gasteiger charge is -2.26. The molecule has 2 unspecified atom stereocenters. The first-order valence-corrected chi connectivity index (χ1v) is 7.89. The van der Waals surface area contributed by atoms with Crippen molar-refractivity contribution in [3.8, 4) is 0 Å². The van der Waals surface area contributed by atoms with Crippen molar-refractivity contribution in [3.05, 3.63) is 0 Å². The molecular weight excluding hydrogens is 238 g/mol. The maximum Gasteiger partial charge on any atom is 0.241 e. The molecule has 0 aromatic rings. The van der Waals surface area contributed by atoms with Crippen LogP contribution in [0.5, 0.6) is 0 Å². The lowest BCUT2D eigenvalue weighted by atomic mass is 10.1. The Bertz CT molecular complexity index is 270. The summed E-state index contributed by atoms with van der Waals surface area (Å²) in [5, 5.41) is 3.53. The fourth-order valence-corrected chi connectivity index (χ4v) is 2.58. The number of amides is 1. The molecule has 4 heteroatoms. The van der Waals surface area contributed by atoms with Gasteiger partial charge in [0, 0.05) is 13.1 Å². The van der Waals surface area contributed by atoms with Crippen LogP contribution in [0.1, 0.15) is 52.9 Å². The van der Waals surface area contributed by atoms with E-state index in [0.29, 0.717) is 5.91 Å². The summed E-state index contributed by atoms with van der Waals surface area (Å²) in [6, 6.07) is 0.0587. The van der Waals surface area contributed by atoms with E-state index in [0.717, 1.165) is 51.7 Å². The fourth-order valence-electron chi connectivity index (χ4n) is 2.58. The Morgan fingerprint density at radius 2 is 1.95 bits per heavy atom. The smallest absolute Gasteiger partial charge is 0.241 e. The highest BCUT2D eigenvalue weighted by Crippen LogP contribution is 2.18. The summed E-state index contributed by atoms with van der Waals surface area (Å²) >= 11 is 0. The molecule has 2 atom stereocenters. The standard InChI is InChI=1S/C15H31N3O/c1-5-8-10-13-15(19)18(12-11-17(4)7-3)14(16-13)9-6-2/h13-14,16H,5-12H2,1-4H3. The van der Waals surface area contributed by atoms with Gasteiger partial charge in [-0.1, -0.05) is 40.0 Å². The Hall–Kier alpha value is -0.610. The molecule has 0 saturated carbocycles. The summed E-state index contributed by atoms with van der Waals surface area (Å²) in [7, 11) is 2.11. The number of carbonyl (C=O) groups excluding carboxylic acids is 1. The van der Waals surface area contributed by atoms with Gasteiger partial charge in [-0.15, -0.1) is 0 Å². The summed E-state index contributed by atoms with van der Waals surface area (Å²) in [4.78, 5) is 16.8. The maximum atomic E-state index is 12.4. The lowest BCUT2D eigenvalue weighted by molar-refractivity contribution is -0.130. The Labute approximate surface area is 118 Å². The SMILES string of the molecule is CCCCC1NC(CCC)N(CCN(C)CC)C1=O. The molecule has 1 amide bonds. The van der Waals surface area contributed by atoms with E-state index in [1.165, 1.54) is 0 Å². The van der Waals surface area contributed by atoms with Crippen LogP contribution in [0.2, 0.25) is 0 Å². The number of hydrogen-bond acceptors (Lipinski definition) is 3. The van der Waals surface area contributed by atoms with Crippen molar-refractivity contribution in [1.82, 2.24) is 15.1 Å². The third-order valence-electron chi connectivity index (χ3n) is 4.02. The van der Waals surface area contributed by atoms with E-state index in [-0.39, 0.29) is 12.2 Å². The van der Waals surface area contributed by atoms with Crippen LogP contribution in [0.15, 0.2) is 0 Å².